The molecule has 0 unspecified atom stereocenters. The van der Waals surface area contributed by atoms with Gasteiger partial charge in [0.1, 0.15) is 0 Å². The molecular weight excluding hydrogens is 1040 g/mol. The number of nitrogens with zero attached hydrogens (tertiary/aromatic N) is 24. The Morgan fingerprint density at radius 3 is 0.200 bits per heavy atom. The van der Waals surface area contributed by atoms with Gasteiger partial charge in [0.15, 0.2) is 0 Å². The molecule has 24 nitrogen and oxygen atoms in total. The van der Waals surface area contributed by atoms with Gasteiger partial charge in [-0.2, -0.15) is 0 Å². The summed E-state index contributed by atoms with van der Waals surface area (Å²) >= 11 is 0. The van der Waals surface area contributed by atoms with Gasteiger partial charge in [0.25, 0.3) is 0 Å². The van der Waals surface area contributed by atoms with Crippen LogP contribution in [0.4, 0.5) is 0 Å². The average molecular weight is 1040 g/mol. The molecule has 0 atom stereocenters. The predicted octanol–water partition coefficient (Wildman–Crippen LogP) is -5.82. The summed E-state index contributed by atoms with van der Waals surface area (Å²) in [6.07, 6.45) is 0. The standard InChI is InChI=1S/4Cs.8N3.2Sr/c;;;;8*1-3-2;;/q4*+1;8*-1;2*+2. The minimum atomic E-state index is 0. The second kappa shape index (κ2) is 211. The van der Waals surface area contributed by atoms with Crippen LogP contribution in [0.5, 0.6) is 0 Å². The van der Waals surface area contributed by atoms with Crippen LogP contribution in [-0.2, 0) is 0 Å². The Morgan fingerprint density at radius 2 is 0.200 bits per heavy atom. The predicted molar refractivity (Wildman–Crippen MR) is 92.1 cm³/mol. The largest absolute Gasteiger partial charge is 2.00 e. The summed E-state index contributed by atoms with van der Waals surface area (Å²) in [5, 5.41) is 0. The van der Waals surface area contributed by atoms with E-state index < -0.39 is 0 Å². The molecule has 0 radical (unpaired) electrons. The summed E-state index contributed by atoms with van der Waals surface area (Å²) < 4.78 is 0. The smallest absolute Gasteiger partial charge is 0.373 e. The zero-order valence-electron chi connectivity index (χ0n) is 16.1. The third kappa shape index (κ3) is 1120. The van der Waals surface area contributed by atoms with E-state index in [-0.39, 0.29) is 367 Å². The SMILES string of the molecule is [Cs+].[Cs+].[Cs+].[Cs+].[N-]=[N+]=[N-].[N-]=[N+]=[N-].[N-]=[N+]=[N-].[N-]=[N+]=[N-].[N-]=[N+]=[N-].[N-]=[N+]=[N-].[N-]=[N+]=[N-].[N-]=[N+]=[N-].[Sr+2].[Sr+2]. The van der Waals surface area contributed by atoms with Crippen molar-refractivity contribution in [3.63, 3.8) is 0 Å². The van der Waals surface area contributed by atoms with Gasteiger partial charge in [0.05, 0.1) is 0 Å². The van der Waals surface area contributed by atoms with Crippen LogP contribution in [-0.4, -0.2) is 91.0 Å². The van der Waals surface area contributed by atoms with Crippen molar-refractivity contribution >= 4 is 91.0 Å². The van der Waals surface area contributed by atoms with Crippen molar-refractivity contribution in [3.05, 3.63) is 128 Å². The van der Waals surface area contributed by atoms with Gasteiger partial charge < -0.3 is 88.5 Å². The fraction of sp³-hybridized carbons (Fsp3) is 0. The molecule has 0 rings (SSSR count). The molecule has 0 aromatic heterocycles. The number of hydrogen-bond acceptors (Lipinski definition) is 0. The maximum Gasteiger partial charge on any atom is 2.00 e. The molecule has 128 valence electrons. The average Bonchev–Trinajstić information content (AvgIpc) is 2.45. The van der Waals surface area contributed by atoms with E-state index in [1.165, 1.54) is 39.3 Å². The second-order valence-electron chi connectivity index (χ2n) is 0.716. The topological polar surface area (TPSA) is 470 Å². The Kier molecular flexibility index (Phi) is 641. The van der Waals surface area contributed by atoms with Gasteiger partial charge in [-0.3, -0.25) is 39.3 Å². The van der Waals surface area contributed by atoms with Crippen LogP contribution in [0, 0.1) is 0 Å². The third-order valence-electron chi connectivity index (χ3n) is 0. The molecule has 0 aliphatic heterocycles. The molecule has 0 aromatic rings. The molecule has 0 bridgehead atoms. The molecule has 0 aliphatic carbocycles. The van der Waals surface area contributed by atoms with E-state index in [2.05, 4.69) is 0 Å². The van der Waals surface area contributed by atoms with Crippen LogP contribution in [0.3, 0.4) is 0 Å². The van der Waals surface area contributed by atoms with Crippen LogP contribution in [0.1, 0.15) is 0 Å². The molecule has 0 saturated carbocycles. The van der Waals surface area contributed by atoms with Crippen LogP contribution in [0.25, 0.3) is 128 Å². The van der Waals surface area contributed by atoms with Crippen molar-refractivity contribution in [2.45, 2.75) is 0 Å². The second-order valence-corrected chi connectivity index (χ2v) is 0.716. The molecular formula is Cs4N24Sr2. The van der Waals surface area contributed by atoms with Crippen molar-refractivity contribution in [2.24, 2.45) is 0 Å². The summed E-state index contributed by atoms with van der Waals surface area (Å²) in [6.45, 7) is 0. The van der Waals surface area contributed by atoms with Gasteiger partial charge in [0.2, 0.25) is 0 Å². The van der Waals surface area contributed by atoms with Crippen LogP contribution >= 0.6 is 0 Å². The van der Waals surface area contributed by atoms with Crippen molar-refractivity contribution < 1.29 is 276 Å². The van der Waals surface area contributed by atoms with E-state index in [0.29, 0.717) is 0 Å². The van der Waals surface area contributed by atoms with Crippen molar-refractivity contribution in [1.82, 2.24) is 0 Å². The van der Waals surface area contributed by atoms with Gasteiger partial charge in [0, 0.05) is 0 Å². The van der Waals surface area contributed by atoms with Crippen molar-refractivity contribution in [1.29, 1.82) is 0 Å². The zero-order chi connectivity index (χ0) is 21.7. The maximum atomic E-state index is 6.75. The van der Waals surface area contributed by atoms with E-state index in [1.54, 1.807) is 0 Å². The number of rotatable bonds is 0. The van der Waals surface area contributed by atoms with Gasteiger partial charge >= 0.3 is 367 Å². The molecule has 0 aromatic carbocycles. The van der Waals surface area contributed by atoms with Crippen LogP contribution in [0.15, 0.2) is 0 Å². The first-order chi connectivity index (χ1) is 11.3. The Morgan fingerprint density at radius 1 is 0.200 bits per heavy atom. The molecule has 0 heterocycles. The molecule has 0 fully saturated rings. The van der Waals surface area contributed by atoms with Gasteiger partial charge in [-0.1, -0.05) is 0 Å². The molecule has 0 saturated heterocycles. The molecule has 0 amide bonds. The van der Waals surface area contributed by atoms with Gasteiger partial charge in [-0.05, 0) is 0 Å². The maximum absolute atomic E-state index is 6.75. The Balaban J connectivity index is -0.00000000790. The summed E-state index contributed by atoms with van der Waals surface area (Å²) in [5.74, 6) is 0. The number of hydrogen-bond donors (Lipinski definition) is 0. The molecule has 30 heteroatoms. The first-order valence-corrected chi connectivity index (χ1v) is 3.20. The molecule has 0 aliphatic rings. The Hall–Kier alpha value is 5.65. The minimum absolute atomic E-state index is 0. The summed E-state index contributed by atoms with van der Waals surface area (Å²) in [6, 6.07) is 0. The minimum Gasteiger partial charge on any atom is -0.373 e. The van der Waals surface area contributed by atoms with Gasteiger partial charge in [-0.15, -0.1) is 0 Å². The normalized spacial score (nSPS) is 2.13. The fourth-order valence-corrected chi connectivity index (χ4v) is 0. The monoisotopic (exact) mass is 1040 g/mol. The summed E-state index contributed by atoms with van der Waals surface area (Å²) in [4.78, 5) is 12.0. The molecule has 0 spiro atoms. The van der Waals surface area contributed by atoms with Gasteiger partial charge in [-0.25, -0.2) is 0 Å². The fourth-order valence-electron chi connectivity index (χ4n) is 0. The molecule has 30 heavy (non-hydrogen) atoms. The van der Waals surface area contributed by atoms with E-state index in [0.717, 1.165) is 0 Å². The first-order valence-electron chi connectivity index (χ1n) is 3.20. The molecule has 0 N–H and O–H groups in total. The van der Waals surface area contributed by atoms with Crippen molar-refractivity contribution in [2.75, 3.05) is 0 Å². The third-order valence-corrected chi connectivity index (χ3v) is 0. The van der Waals surface area contributed by atoms with E-state index in [4.69, 9.17) is 88.5 Å². The first kappa shape index (κ1) is 91.3. The van der Waals surface area contributed by atoms with E-state index >= 15 is 0 Å². The Bertz CT molecular complexity index is 339. The zero-order valence-corrected chi connectivity index (χ0v) is 48.2. The van der Waals surface area contributed by atoms with Crippen LogP contribution < -0.4 is 276 Å². The van der Waals surface area contributed by atoms with E-state index in [1.807, 2.05) is 0 Å². The summed E-state index contributed by atoms with van der Waals surface area (Å²) in [7, 11) is 0. The summed E-state index contributed by atoms with van der Waals surface area (Å²) in [5.41, 5.74) is 108. The Labute approximate surface area is 477 Å². The quantitative estimate of drug-likeness (QED) is 0.0948. The van der Waals surface area contributed by atoms with E-state index in [9.17, 15) is 0 Å². The van der Waals surface area contributed by atoms with Crippen LogP contribution in [0.2, 0.25) is 0 Å². The van der Waals surface area contributed by atoms with Crippen molar-refractivity contribution in [3.8, 4) is 0 Å².